The van der Waals surface area contributed by atoms with Crippen molar-refractivity contribution in [2.24, 2.45) is 0 Å². The van der Waals surface area contributed by atoms with Crippen LogP contribution < -0.4 is 5.32 Å². The van der Waals surface area contributed by atoms with E-state index in [-0.39, 0.29) is 18.6 Å². The minimum Gasteiger partial charge on any atom is -0.382 e. The molecule has 0 heterocycles. The van der Waals surface area contributed by atoms with Crippen molar-refractivity contribution in [1.29, 1.82) is 0 Å². The van der Waals surface area contributed by atoms with E-state index >= 15 is 0 Å². The van der Waals surface area contributed by atoms with Gasteiger partial charge in [-0.05, 0) is 24.1 Å². The maximum absolute atomic E-state index is 11.7. The van der Waals surface area contributed by atoms with Gasteiger partial charge in [0.1, 0.15) is 6.61 Å². The van der Waals surface area contributed by atoms with Crippen LogP contribution in [0.4, 0.5) is 0 Å². The molecule has 1 amide bonds. The van der Waals surface area contributed by atoms with E-state index in [1.165, 1.54) is 0 Å². The van der Waals surface area contributed by atoms with Crippen molar-refractivity contribution in [1.82, 2.24) is 5.32 Å². The first-order valence-electron chi connectivity index (χ1n) is 6.29. The van der Waals surface area contributed by atoms with Gasteiger partial charge in [0.2, 0.25) is 5.91 Å². The number of carbonyl (C=O) groups excluding carboxylic acids is 1. The lowest BCUT2D eigenvalue weighted by Crippen LogP contribution is -2.31. The molecule has 0 saturated heterocycles. The van der Waals surface area contributed by atoms with Crippen molar-refractivity contribution in [3.8, 4) is 0 Å². The molecule has 1 N–H and O–H groups in total. The second-order valence-electron chi connectivity index (χ2n) is 4.13. The van der Waals surface area contributed by atoms with Crippen LogP contribution >= 0.6 is 15.9 Å². The fourth-order valence-electron chi connectivity index (χ4n) is 1.66. The molecule has 4 nitrogen and oxygen atoms in total. The predicted molar refractivity (Wildman–Crippen MR) is 78.0 cm³/mol. The van der Waals surface area contributed by atoms with Crippen LogP contribution in [0.3, 0.4) is 0 Å². The van der Waals surface area contributed by atoms with E-state index in [9.17, 15) is 4.79 Å². The molecule has 0 saturated carbocycles. The topological polar surface area (TPSA) is 47.6 Å². The zero-order valence-corrected chi connectivity index (χ0v) is 12.9. The molecule has 1 aromatic carbocycles. The second-order valence-corrected chi connectivity index (χ2v) is 5.04. The Kier molecular flexibility index (Phi) is 7.70. The predicted octanol–water partition coefficient (Wildman–Crippen LogP) is 2.68. The van der Waals surface area contributed by atoms with Gasteiger partial charge in [-0.25, -0.2) is 0 Å². The molecule has 5 heteroatoms. The fraction of sp³-hybridized carbons (Fsp3) is 0.500. The summed E-state index contributed by atoms with van der Waals surface area (Å²) in [4.78, 5) is 11.7. The summed E-state index contributed by atoms with van der Waals surface area (Å²) in [6, 6.07) is 7.97. The molecule has 0 fully saturated rings. The number of nitrogens with one attached hydrogen (secondary N) is 1. The molecule has 106 valence electrons. The fourth-order valence-corrected chi connectivity index (χ4v) is 1.92. The number of hydrogen-bond acceptors (Lipinski definition) is 3. The average molecular weight is 330 g/mol. The maximum Gasteiger partial charge on any atom is 0.246 e. The number of methoxy groups -OCH3 is 1. The molecule has 0 aliphatic rings. The maximum atomic E-state index is 11.7. The van der Waals surface area contributed by atoms with Gasteiger partial charge in [-0.1, -0.05) is 35.0 Å². The molecule has 1 aromatic rings. The summed E-state index contributed by atoms with van der Waals surface area (Å²) in [5, 5.41) is 2.96. The highest BCUT2D eigenvalue weighted by atomic mass is 79.9. The average Bonchev–Trinajstić information content (AvgIpc) is 2.42. The van der Waals surface area contributed by atoms with Gasteiger partial charge in [0.05, 0.1) is 19.3 Å². The van der Waals surface area contributed by atoms with Crippen molar-refractivity contribution < 1.29 is 14.3 Å². The Bertz CT molecular complexity index is 381. The Balaban J connectivity index is 2.43. The molecule has 0 aliphatic heterocycles. The largest absolute Gasteiger partial charge is 0.382 e. The van der Waals surface area contributed by atoms with Crippen molar-refractivity contribution >= 4 is 21.8 Å². The molecule has 19 heavy (non-hydrogen) atoms. The third-order valence-electron chi connectivity index (χ3n) is 2.68. The van der Waals surface area contributed by atoms with E-state index in [1.807, 2.05) is 31.2 Å². The van der Waals surface area contributed by atoms with E-state index in [0.29, 0.717) is 13.2 Å². The smallest absolute Gasteiger partial charge is 0.246 e. The van der Waals surface area contributed by atoms with Crippen LogP contribution in [-0.4, -0.2) is 32.8 Å². The van der Waals surface area contributed by atoms with Gasteiger partial charge in [-0.2, -0.15) is 0 Å². The van der Waals surface area contributed by atoms with Gasteiger partial charge in [0.25, 0.3) is 0 Å². The van der Waals surface area contributed by atoms with Gasteiger partial charge >= 0.3 is 0 Å². The zero-order chi connectivity index (χ0) is 14.1. The van der Waals surface area contributed by atoms with Gasteiger partial charge in [0.15, 0.2) is 0 Å². The lowest BCUT2D eigenvalue weighted by atomic mass is 10.0. The minimum atomic E-state index is -0.106. The number of carbonyl (C=O) groups is 1. The first kappa shape index (κ1) is 16.1. The van der Waals surface area contributed by atoms with Crippen molar-refractivity contribution in [3.63, 3.8) is 0 Å². The molecule has 0 bridgehead atoms. The highest BCUT2D eigenvalue weighted by Crippen LogP contribution is 2.19. The summed E-state index contributed by atoms with van der Waals surface area (Å²) in [7, 11) is 1.60. The molecular formula is C14H20BrNO3. The van der Waals surface area contributed by atoms with E-state index in [4.69, 9.17) is 9.47 Å². The van der Waals surface area contributed by atoms with Crippen molar-refractivity contribution in [2.45, 2.75) is 19.4 Å². The molecule has 0 aliphatic carbocycles. The molecule has 1 atom stereocenters. The van der Waals surface area contributed by atoms with Crippen LogP contribution in [0.15, 0.2) is 28.7 Å². The molecule has 0 radical (unpaired) electrons. The number of halogens is 1. The highest BCUT2D eigenvalue weighted by molar-refractivity contribution is 9.10. The lowest BCUT2D eigenvalue weighted by molar-refractivity contribution is -0.126. The second kappa shape index (κ2) is 9.07. The number of ether oxygens (including phenoxy) is 2. The quantitative estimate of drug-likeness (QED) is 0.746. The first-order valence-corrected chi connectivity index (χ1v) is 7.08. The van der Waals surface area contributed by atoms with E-state index < -0.39 is 0 Å². The molecule has 1 rings (SSSR count). The summed E-state index contributed by atoms with van der Waals surface area (Å²) in [6.45, 7) is 3.03. The summed E-state index contributed by atoms with van der Waals surface area (Å²) in [5.41, 5.74) is 1.09. The molecular weight excluding hydrogens is 310 g/mol. The Hall–Kier alpha value is -0.910. The van der Waals surface area contributed by atoms with Crippen LogP contribution in [0.2, 0.25) is 0 Å². The third-order valence-corrected chi connectivity index (χ3v) is 3.21. The van der Waals surface area contributed by atoms with Gasteiger partial charge in [-0.15, -0.1) is 0 Å². The van der Waals surface area contributed by atoms with Crippen LogP contribution in [0, 0.1) is 0 Å². The number of hydrogen-bond donors (Lipinski definition) is 1. The lowest BCUT2D eigenvalue weighted by Gasteiger charge is -2.17. The number of rotatable bonds is 8. The minimum absolute atomic E-state index is 0.0200. The SMILES string of the molecule is CCC(NC(=O)COCCOC)c1ccc(Br)cc1. The van der Waals surface area contributed by atoms with Gasteiger partial charge in [-0.3, -0.25) is 4.79 Å². The summed E-state index contributed by atoms with van der Waals surface area (Å²) >= 11 is 3.40. The Labute approximate surface area is 122 Å². The molecule has 0 aromatic heterocycles. The highest BCUT2D eigenvalue weighted by Gasteiger charge is 2.12. The Morgan fingerprint density at radius 2 is 2.00 bits per heavy atom. The number of amides is 1. The monoisotopic (exact) mass is 329 g/mol. The standard InChI is InChI=1S/C14H20BrNO3/c1-3-13(11-4-6-12(15)7-5-11)16-14(17)10-19-9-8-18-2/h4-7,13H,3,8-10H2,1-2H3,(H,16,17). The Morgan fingerprint density at radius 3 is 2.58 bits per heavy atom. The van der Waals surface area contributed by atoms with Gasteiger partial charge < -0.3 is 14.8 Å². The third kappa shape index (κ3) is 6.18. The van der Waals surface area contributed by atoms with E-state index in [2.05, 4.69) is 21.2 Å². The first-order chi connectivity index (χ1) is 9.17. The van der Waals surface area contributed by atoms with Crippen molar-refractivity contribution in [3.05, 3.63) is 34.3 Å². The van der Waals surface area contributed by atoms with Crippen LogP contribution in [0.1, 0.15) is 24.9 Å². The van der Waals surface area contributed by atoms with Crippen LogP contribution in [0.5, 0.6) is 0 Å². The zero-order valence-electron chi connectivity index (χ0n) is 11.3. The van der Waals surface area contributed by atoms with Crippen LogP contribution in [-0.2, 0) is 14.3 Å². The molecule has 1 unspecified atom stereocenters. The van der Waals surface area contributed by atoms with E-state index in [1.54, 1.807) is 7.11 Å². The van der Waals surface area contributed by atoms with Crippen LogP contribution in [0.25, 0.3) is 0 Å². The van der Waals surface area contributed by atoms with Gasteiger partial charge in [0, 0.05) is 11.6 Å². The summed E-state index contributed by atoms with van der Waals surface area (Å²) in [6.07, 6.45) is 0.839. The summed E-state index contributed by atoms with van der Waals surface area (Å²) in [5.74, 6) is -0.106. The number of benzene rings is 1. The summed E-state index contributed by atoms with van der Waals surface area (Å²) < 4.78 is 11.1. The Morgan fingerprint density at radius 1 is 1.32 bits per heavy atom. The van der Waals surface area contributed by atoms with Crippen molar-refractivity contribution in [2.75, 3.05) is 26.9 Å². The van der Waals surface area contributed by atoms with E-state index in [0.717, 1.165) is 16.5 Å². The normalized spacial score (nSPS) is 12.2. The molecule has 0 spiro atoms.